The second-order valence-corrected chi connectivity index (χ2v) is 5.70. The molecule has 0 atom stereocenters. The van der Waals surface area contributed by atoms with E-state index in [1.807, 2.05) is 0 Å². The Morgan fingerprint density at radius 3 is 2.43 bits per heavy atom. The molecule has 4 amide bonds. The number of fused-ring (bicyclic) bond motifs is 1. The Morgan fingerprint density at radius 2 is 1.78 bits per heavy atom. The number of hydrogen-bond donors (Lipinski definition) is 0. The SMILES string of the molecule is CN1C(=O)C(=CC2=Cc3cc(Cl)ccc3OC2)C(=O)N(C)C1=O. The molecule has 0 radical (unpaired) electrons. The van der Waals surface area contributed by atoms with Crippen molar-refractivity contribution in [2.75, 3.05) is 20.7 Å². The Bertz CT molecular complexity index is 771. The van der Waals surface area contributed by atoms with Gasteiger partial charge in [0.1, 0.15) is 17.9 Å². The summed E-state index contributed by atoms with van der Waals surface area (Å²) in [5, 5.41) is 0.562. The molecule has 0 N–H and O–H groups in total. The molecule has 1 aromatic rings. The normalized spacial score (nSPS) is 17.8. The van der Waals surface area contributed by atoms with E-state index in [0.717, 1.165) is 15.4 Å². The molecule has 1 fully saturated rings. The van der Waals surface area contributed by atoms with Crippen LogP contribution < -0.4 is 4.74 Å². The van der Waals surface area contributed by atoms with E-state index in [1.165, 1.54) is 20.2 Å². The highest BCUT2D eigenvalue weighted by Crippen LogP contribution is 2.30. The first-order valence-electron chi connectivity index (χ1n) is 6.83. The molecule has 2 aliphatic heterocycles. The number of ether oxygens (including phenoxy) is 1. The van der Waals surface area contributed by atoms with Crippen LogP contribution in [-0.2, 0) is 9.59 Å². The summed E-state index contributed by atoms with van der Waals surface area (Å²) in [4.78, 5) is 37.9. The van der Waals surface area contributed by atoms with Gasteiger partial charge in [0.2, 0.25) is 0 Å². The lowest BCUT2D eigenvalue weighted by atomic mass is 10.0. The summed E-state index contributed by atoms with van der Waals surface area (Å²) in [5.41, 5.74) is 1.34. The number of hydrogen-bond acceptors (Lipinski definition) is 4. The number of amides is 4. The van der Waals surface area contributed by atoms with E-state index in [2.05, 4.69) is 0 Å². The van der Waals surface area contributed by atoms with Gasteiger partial charge < -0.3 is 4.74 Å². The van der Waals surface area contributed by atoms with E-state index >= 15 is 0 Å². The first kappa shape index (κ1) is 15.3. The van der Waals surface area contributed by atoms with Crippen LogP contribution in [0.15, 0.2) is 35.4 Å². The van der Waals surface area contributed by atoms with Crippen LogP contribution in [0.4, 0.5) is 4.79 Å². The fourth-order valence-corrected chi connectivity index (χ4v) is 2.59. The van der Waals surface area contributed by atoms with E-state index in [0.29, 0.717) is 16.3 Å². The summed E-state index contributed by atoms with van der Waals surface area (Å²) in [5.74, 6) is -0.575. The predicted molar refractivity (Wildman–Crippen MR) is 83.9 cm³/mol. The maximum Gasteiger partial charge on any atom is 0.333 e. The summed E-state index contributed by atoms with van der Waals surface area (Å²) in [6.07, 6.45) is 3.25. The molecule has 1 aromatic carbocycles. The highest BCUT2D eigenvalue weighted by atomic mass is 35.5. The van der Waals surface area contributed by atoms with Crippen molar-refractivity contribution in [2.45, 2.75) is 0 Å². The predicted octanol–water partition coefficient (Wildman–Crippen LogP) is 2.09. The topological polar surface area (TPSA) is 66.9 Å². The average Bonchev–Trinajstić information content (AvgIpc) is 2.54. The van der Waals surface area contributed by atoms with Crippen molar-refractivity contribution in [3.63, 3.8) is 0 Å². The van der Waals surface area contributed by atoms with Crippen LogP contribution in [0.3, 0.4) is 0 Å². The van der Waals surface area contributed by atoms with E-state index in [-0.39, 0.29) is 12.2 Å². The Labute approximate surface area is 137 Å². The first-order valence-corrected chi connectivity index (χ1v) is 7.21. The highest BCUT2D eigenvalue weighted by Gasteiger charge is 2.38. The van der Waals surface area contributed by atoms with E-state index in [9.17, 15) is 14.4 Å². The maximum absolute atomic E-state index is 12.2. The molecule has 3 rings (SSSR count). The number of carbonyl (C=O) groups is 3. The molecular weight excluding hydrogens is 320 g/mol. The molecule has 23 heavy (non-hydrogen) atoms. The fraction of sp³-hybridized carbons (Fsp3) is 0.188. The van der Waals surface area contributed by atoms with Crippen LogP contribution in [0, 0.1) is 0 Å². The van der Waals surface area contributed by atoms with Crippen LogP contribution in [0.2, 0.25) is 5.02 Å². The van der Waals surface area contributed by atoms with Crippen LogP contribution in [0.25, 0.3) is 6.08 Å². The van der Waals surface area contributed by atoms with Crippen molar-refractivity contribution >= 4 is 35.5 Å². The largest absolute Gasteiger partial charge is 0.488 e. The van der Waals surface area contributed by atoms with Crippen molar-refractivity contribution in [1.29, 1.82) is 0 Å². The minimum Gasteiger partial charge on any atom is -0.488 e. The number of carbonyl (C=O) groups excluding carboxylic acids is 3. The summed E-state index contributed by atoms with van der Waals surface area (Å²) in [6, 6.07) is 4.57. The highest BCUT2D eigenvalue weighted by molar-refractivity contribution is 6.31. The summed E-state index contributed by atoms with van der Waals surface area (Å²) < 4.78 is 5.59. The van der Waals surface area contributed by atoms with Crippen LogP contribution in [-0.4, -0.2) is 48.3 Å². The van der Waals surface area contributed by atoms with Crippen molar-refractivity contribution in [3.8, 4) is 5.75 Å². The molecule has 0 unspecified atom stereocenters. The smallest absolute Gasteiger partial charge is 0.333 e. The van der Waals surface area contributed by atoms with Gasteiger partial charge in [-0.3, -0.25) is 19.4 Å². The number of rotatable bonds is 1. The van der Waals surface area contributed by atoms with E-state index in [4.69, 9.17) is 16.3 Å². The van der Waals surface area contributed by atoms with Gasteiger partial charge in [0.05, 0.1) is 0 Å². The number of likely N-dealkylation sites (N-methyl/N-ethyl adjacent to an activating group) is 2. The molecule has 0 saturated carbocycles. The lowest BCUT2D eigenvalue weighted by Gasteiger charge is -2.29. The molecule has 7 heteroatoms. The number of nitrogens with zero attached hydrogens (tertiary/aromatic N) is 2. The van der Waals surface area contributed by atoms with Crippen LogP contribution in [0.5, 0.6) is 5.75 Å². The molecule has 6 nitrogen and oxygen atoms in total. The number of imide groups is 2. The standard InChI is InChI=1S/C16H13ClN2O4/c1-18-14(20)12(15(21)19(2)16(18)22)6-9-5-10-7-11(17)3-4-13(10)23-8-9/h3-7H,8H2,1-2H3. The second kappa shape index (κ2) is 5.55. The van der Waals surface area contributed by atoms with Gasteiger partial charge in [0.15, 0.2) is 0 Å². The summed E-state index contributed by atoms with van der Waals surface area (Å²) in [6.45, 7) is 0.222. The lowest BCUT2D eigenvalue weighted by Crippen LogP contribution is -2.53. The zero-order valence-electron chi connectivity index (χ0n) is 12.5. The third-order valence-electron chi connectivity index (χ3n) is 3.68. The van der Waals surface area contributed by atoms with Gasteiger partial charge in [-0.2, -0.15) is 0 Å². The summed E-state index contributed by atoms with van der Waals surface area (Å²) >= 11 is 5.96. The third kappa shape index (κ3) is 2.61. The first-order chi connectivity index (χ1) is 10.9. The minimum absolute atomic E-state index is 0.0741. The molecule has 0 bridgehead atoms. The van der Waals surface area contributed by atoms with Crippen molar-refractivity contribution in [3.05, 3.63) is 46.0 Å². The van der Waals surface area contributed by atoms with Gasteiger partial charge >= 0.3 is 6.03 Å². The van der Waals surface area contributed by atoms with Gasteiger partial charge in [-0.25, -0.2) is 4.79 Å². The van der Waals surface area contributed by atoms with Gasteiger partial charge in [-0.1, -0.05) is 11.6 Å². The van der Waals surface area contributed by atoms with Gasteiger partial charge in [-0.15, -0.1) is 0 Å². The number of urea groups is 1. The molecular formula is C16H13ClN2O4. The Kier molecular flexibility index (Phi) is 3.69. The molecule has 118 valence electrons. The van der Waals surface area contributed by atoms with Crippen LogP contribution in [0.1, 0.15) is 5.56 Å². The summed E-state index contributed by atoms with van der Waals surface area (Å²) in [7, 11) is 2.67. The van der Waals surface area contributed by atoms with E-state index in [1.54, 1.807) is 24.3 Å². The Morgan fingerprint density at radius 1 is 1.13 bits per heavy atom. The Balaban J connectivity index is 1.99. The lowest BCUT2D eigenvalue weighted by molar-refractivity contribution is -0.134. The third-order valence-corrected chi connectivity index (χ3v) is 3.92. The van der Waals surface area contributed by atoms with Gasteiger partial charge in [-0.05, 0) is 35.9 Å². The van der Waals surface area contributed by atoms with E-state index < -0.39 is 17.8 Å². The minimum atomic E-state index is -0.650. The van der Waals surface area contributed by atoms with Crippen molar-refractivity contribution < 1.29 is 19.1 Å². The second-order valence-electron chi connectivity index (χ2n) is 5.26. The quantitative estimate of drug-likeness (QED) is 0.583. The number of barbiturate groups is 1. The molecule has 2 heterocycles. The molecule has 2 aliphatic rings. The van der Waals surface area contributed by atoms with Gasteiger partial charge in [0.25, 0.3) is 11.8 Å². The zero-order valence-corrected chi connectivity index (χ0v) is 13.3. The zero-order chi connectivity index (χ0) is 16.7. The Hall–Kier alpha value is -2.60. The maximum atomic E-state index is 12.2. The van der Waals surface area contributed by atoms with Crippen molar-refractivity contribution in [2.24, 2.45) is 0 Å². The molecule has 1 saturated heterocycles. The average molecular weight is 333 g/mol. The molecule has 0 aromatic heterocycles. The van der Waals surface area contributed by atoms with Crippen molar-refractivity contribution in [1.82, 2.24) is 9.80 Å². The number of halogens is 1. The monoisotopic (exact) mass is 332 g/mol. The fourth-order valence-electron chi connectivity index (χ4n) is 2.41. The van der Waals surface area contributed by atoms with Crippen LogP contribution >= 0.6 is 11.6 Å². The van der Waals surface area contributed by atoms with Gasteiger partial charge in [0, 0.05) is 24.7 Å². The molecule has 0 spiro atoms. The molecule has 0 aliphatic carbocycles. The number of benzene rings is 1.